The second-order valence-corrected chi connectivity index (χ2v) is 8.34. The van der Waals surface area contributed by atoms with Crippen LogP contribution in [0.25, 0.3) is 0 Å². The summed E-state index contributed by atoms with van der Waals surface area (Å²) in [4.78, 5) is 13.5. The van der Waals surface area contributed by atoms with Gasteiger partial charge in [-0.25, -0.2) is 13.6 Å². The number of hydrogen-bond acceptors (Lipinski definition) is 6. The van der Waals surface area contributed by atoms with Crippen molar-refractivity contribution in [3.63, 3.8) is 0 Å². The van der Waals surface area contributed by atoms with Crippen molar-refractivity contribution in [3.8, 4) is 11.5 Å². The maximum absolute atomic E-state index is 12.3. The van der Waals surface area contributed by atoms with Crippen molar-refractivity contribution in [2.45, 2.75) is 10.3 Å². The molecule has 1 saturated heterocycles. The number of carbonyl (C=O) groups is 1. The van der Waals surface area contributed by atoms with Crippen LogP contribution < -0.4 is 10.0 Å². The maximum atomic E-state index is 12.3. The van der Waals surface area contributed by atoms with Crippen LogP contribution in [0.1, 0.15) is 10.9 Å². The summed E-state index contributed by atoms with van der Waals surface area (Å²) in [7, 11) is -3.97. The van der Waals surface area contributed by atoms with Gasteiger partial charge in [-0.15, -0.1) is 11.8 Å². The van der Waals surface area contributed by atoms with Crippen LogP contribution in [0.5, 0.6) is 11.5 Å². The van der Waals surface area contributed by atoms with Gasteiger partial charge in [-0.3, -0.25) is 9.69 Å². The third-order valence-corrected chi connectivity index (χ3v) is 6.24. The highest BCUT2D eigenvalue weighted by molar-refractivity contribution is 8.00. The van der Waals surface area contributed by atoms with E-state index in [-0.39, 0.29) is 33.1 Å². The first kappa shape index (κ1) is 17.9. The van der Waals surface area contributed by atoms with Gasteiger partial charge in [0.05, 0.1) is 10.8 Å². The summed E-state index contributed by atoms with van der Waals surface area (Å²) in [5.41, 5.74) is 0.824. The van der Waals surface area contributed by atoms with E-state index in [0.29, 0.717) is 11.3 Å². The lowest BCUT2D eigenvalue weighted by Gasteiger charge is -2.25. The molecule has 1 amide bonds. The number of benzene rings is 2. The Morgan fingerprint density at radius 1 is 1.20 bits per heavy atom. The standard InChI is InChI=1S/C15H13ClN2O5S2/c16-11-5-8(1-4-13(11)25(17,22)23)18-14(21)7-24-15(18)10-3-2-9(19)6-12(10)20/h1-6,15,19-20H,7H2,(H2,17,22,23). The molecule has 2 aromatic rings. The van der Waals surface area contributed by atoms with Crippen LogP contribution in [-0.2, 0) is 14.8 Å². The average molecular weight is 401 g/mol. The largest absolute Gasteiger partial charge is 0.508 e. The predicted molar refractivity (Wildman–Crippen MR) is 95.3 cm³/mol. The minimum atomic E-state index is -3.97. The van der Waals surface area contributed by atoms with E-state index in [1.54, 1.807) is 0 Å². The Bertz CT molecular complexity index is 964. The molecule has 3 rings (SSSR count). The minimum absolute atomic E-state index is 0.0947. The Hall–Kier alpha value is -1.94. The van der Waals surface area contributed by atoms with Crippen molar-refractivity contribution in [1.29, 1.82) is 0 Å². The second-order valence-electron chi connectivity index (χ2n) is 5.33. The molecule has 1 aliphatic rings. The van der Waals surface area contributed by atoms with E-state index in [2.05, 4.69) is 0 Å². The third-order valence-electron chi connectivity index (χ3n) is 3.65. The fourth-order valence-corrected chi connectivity index (χ4v) is 4.84. The minimum Gasteiger partial charge on any atom is -0.508 e. The van der Waals surface area contributed by atoms with Crippen LogP contribution in [0.4, 0.5) is 5.69 Å². The van der Waals surface area contributed by atoms with Gasteiger partial charge in [0.1, 0.15) is 21.8 Å². The quantitative estimate of drug-likeness (QED) is 0.726. The zero-order chi connectivity index (χ0) is 18.4. The molecular formula is C15H13ClN2O5S2. The Kier molecular flexibility index (Phi) is 4.58. The summed E-state index contributed by atoms with van der Waals surface area (Å²) in [5, 5.41) is 24.0. The Labute approximate surface area is 153 Å². The fourth-order valence-electron chi connectivity index (χ4n) is 2.54. The highest BCUT2D eigenvalue weighted by Gasteiger charge is 2.36. The van der Waals surface area contributed by atoms with Gasteiger partial charge in [0.2, 0.25) is 15.9 Å². The van der Waals surface area contributed by atoms with Gasteiger partial charge in [-0.1, -0.05) is 11.6 Å². The first-order valence-electron chi connectivity index (χ1n) is 6.96. The summed E-state index contributed by atoms with van der Waals surface area (Å²) in [5.74, 6) is -0.284. The predicted octanol–water partition coefficient (Wildman–Crippen LogP) is 2.18. The van der Waals surface area contributed by atoms with E-state index in [0.717, 1.165) is 0 Å². The van der Waals surface area contributed by atoms with Crippen molar-refractivity contribution in [3.05, 3.63) is 47.0 Å². The first-order chi connectivity index (χ1) is 11.7. The molecule has 7 nitrogen and oxygen atoms in total. The Balaban J connectivity index is 2.05. The van der Waals surface area contributed by atoms with Crippen LogP contribution in [-0.4, -0.2) is 30.3 Å². The molecule has 1 unspecified atom stereocenters. The molecular weight excluding hydrogens is 388 g/mol. The molecule has 132 valence electrons. The summed E-state index contributed by atoms with van der Waals surface area (Å²) < 4.78 is 22.9. The number of phenolic OH excluding ortho intramolecular Hbond substituents is 2. The molecule has 1 fully saturated rings. The topological polar surface area (TPSA) is 121 Å². The van der Waals surface area contributed by atoms with E-state index >= 15 is 0 Å². The summed E-state index contributed by atoms with van der Waals surface area (Å²) in [6, 6.07) is 8.13. The van der Waals surface area contributed by atoms with E-state index in [1.165, 1.54) is 53.1 Å². The molecule has 1 aliphatic heterocycles. The number of amides is 1. The summed E-state index contributed by atoms with van der Waals surface area (Å²) in [6.07, 6.45) is 0. The number of phenols is 2. The van der Waals surface area contributed by atoms with Gasteiger partial charge in [0.15, 0.2) is 0 Å². The number of primary sulfonamides is 1. The number of anilines is 1. The van der Waals surface area contributed by atoms with Gasteiger partial charge in [0, 0.05) is 17.3 Å². The van der Waals surface area contributed by atoms with Crippen molar-refractivity contribution in [2.75, 3.05) is 10.7 Å². The number of sulfonamides is 1. The number of aromatic hydroxyl groups is 2. The maximum Gasteiger partial charge on any atom is 0.239 e. The van der Waals surface area contributed by atoms with Gasteiger partial charge < -0.3 is 10.2 Å². The number of rotatable bonds is 3. The lowest BCUT2D eigenvalue weighted by molar-refractivity contribution is -0.115. The van der Waals surface area contributed by atoms with Gasteiger partial charge in [-0.05, 0) is 30.3 Å². The van der Waals surface area contributed by atoms with Crippen LogP contribution in [0.15, 0.2) is 41.3 Å². The molecule has 0 radical (unpaired) electrons. The van der Waals surface area contributed by atoms with Gasteiger partial charge in [-0.2, -0.15) is 0 Å². The summed E-state index contributed by atoms with van der Waals surface area (Å²) >= 11 is 7.29. The SMILES string of the molecule is NS(=O)(=O)c1ccc(N2C(=O)CSC2c2ccc(O)cc2O)cc1Cl. The molecule has 1 heterocycles. The van der Waals surface area contributed by atoms with Crippen molar-refractivity contribution in [2.24, 2.45) is 5.14 Å². The Morgan fingerprint density at radius 3 is 2.52 bits per heavy atom. The molecule has 0 bridgehead atoms. The van der Waals surface area contributed by atoms with Gasteiger partial charge >= 0.3 is 0 Å². The number of nitrogens with two attached hydrogens (primary N) is 1. The molecule has 0 spiro atoms. The number of nitrogens with zero attached hydrogens (tertiary/aromatic N) is 1. The van der Waals surface area contributed by atoms with E-state index in [4.69, 9.17) is 16.7 Å². The molecule has 0 aliphatic carbocycles. The first-order valence-corrected chi connectivity index (χ1v) is 9.93. The summed E-state index contributed by atoms with van der Waals surface area (Å²) in [6.45, 7) is 0. The Morgan fingerprint density at radius 2 is 1.92 bits per heavy atom. The molecule has 1 atom stereocenters. The normalized spacial score (nSPS) is 17.9. The molecule has 2 aromatic carbocycles. The lowest BCUT2D eigenvalue weighted by Crippen LogP contribution is -2.28. The van der Waals surface area contributed by atoms with Gasteiger partial charge in [0.25, 0.3) is 0 Å². The highest BCUT2D eigenvalue weighted by atomic mass is 35.5. The van der Waals surface area contributed by atoms with Crippen molar-refractivity contribution >= 4 is 45.0 Å². The second kappa shape index (κ2) is 6.41. The number of carbonyl (C=O) groups excluding carboxylic acids is 1. The fraction of sp³-hybridized carbons (Fsp3) is 0.133. The lowest BCUT2D eigenvalue weighted by atomic mass is 10.1. The number of hydrogen-bond donors (Lipinski definition) is 3. The smallest absolute Gasteiger partial charge is 0.239 e. The van der Waals surface area contributed by atoms with Crippen LogP contribution in [0, 0.1) is 0 Å². The number of halogens is 1. The molecule has 4 N–H and O–H groups in total. The molecule has 0 saturated carbocycles. The van der Waals surface area contributed by atoms with Crippen molar-refractivity contribution < 1.29 is 23.4 Å². The molecule has 25 heavy (non-hydrogen) atoms. The zero-order valence-corrected chi connectivity index (χ0v) is 15.0. The average Bonchev–Trinajstić information content (AvgIpc) is 2.87. The van der Waals surface area contributed by atoms with E-state index in [1.807, 2.05) is 0 Å². The van der Waals surface area contributed by atoms with Crippen molar-refractivity contribution in [1.82, 2.24) is 0 Å². The van der Waals surface area contributed by atoms with E-state index in [9.17, 15) is 23.4 Å². The monoisotopic (exact) mass is 400 g/mol. The molecule has 0 aromatic heterocycles. The third kappa shape index (κ3) is 3.40. The van der Waals surface area contributed by atoms with Crippen LogP contribution >= 0.6 is 23.4 Å². The van der Waals surface area contributed by atoms with Crippen LogP contribution in [0.2, 0.25) is 5.02 Å². The molecule has 10 heteroatoms. The number of thioether (sulfide) groups is 1. The zero-order valence-electron chi connectivity index (χ0n) is 12.6. The van der Waals surface area contributed by atoms with E-state index < -0.39 is 15.4 Å². The highest BCUT2D eigenvalue weighted by Crippen LogP contribution is 2.45. The van der Waals surface area contributed by atoms with Crippen LogP contribution in [0.3, 0.4) is 0 Å².